The molecule has 0 saturated heterocycles. The smallest absolute Gasteiger partial charge is 0.101 e. The molecular formula is C16H19N3S. The number of rotatable bonds is 5. The molecule has 0 bridgehead atoms. The van der Waals surface area contributed by atoms with Crippen molar-refractivity contribution >= 4 is 17.0 Å². The molecule has 2 N–H and O–H groups in total. The average molecular weight is 285 g/mol. The highest BCUT2D eigenvalue weighted by Gasteiger charge is 2.15. The first kappa shape index (κ1) is 14.6. The molecule has 104 valence electrons. The van der Waals surface area contributed by atoms with Gasteiger partial charge in [-0.25, -0.2) is 0 Å². The van der Waals surface area contributed by atoms with Crippen molar-refractivity contribution < 1.29 is 0 Å². The second kappa shape index (κ2) is 6.56. The van der Waals surface area contributed by atoms with Gasteiger partial charge >= 0.3 is 0 Å². The number of anilines is 1. The van der Waals surface area contributed by atoms with Crippen LogP contribution in [0, 0.1) is 11.3 Å². The van der Waals surface area contributed by atoms with Gasteiger partial charge in [0.15, 0.2) is 0 Å². The number of hydrogen-bond acceptors (Lipinski definition) is 4. The molecule has 0 amide bonds. The first-order valence-electron chi connectivity index (χ1n) is 6.64. The Bertz CT molecular complexity index is 599. The van der Waals surface area contributed by atoms with Gasteiger partial charge in [-0.15, -0.1) is 11.3 Å². The highest BCUT2D eigenvalue weighted by atomic mass is 32.1. The molecular weight excluding hydrogens is 266 g/mol. The Balaban J connectivity index is 2.20. The number of hydrogen-bond donors (Lipinski definition) is 1. The van der Waals surface area contributed by atoms with Crippen LogP contribution in [0.1, 0.15) is 22.9 Å². The summed E-state index contributed by atoms with van der Waals surface area (Å²) in [6, 6.07) is 12.7. The fraction of sp³-hybridized carbons (Fsp3) is 0.312. The average Bonchev–Trinajstić information content (AvgIpc) is 2.98. The third kappa shape index (κ3) is 3.19. The molecule has 0 radical (unpaired) electrons. The Morgan fingerprint density at radius 3 is 2.80 bits per heavy atom. The number of nitriles is 1. The topological polar surface area (TPSA) is 53.0 Å². The van der Waals surface area contributed by atoms with Gasteiger partial charge < -0.3 is 10.6 Å². The Hall–Kier alpha value is -1.83. The van der Waals surface area contributed by atoms with Gasteiger partial charge in [-0.05, 0) is 36.1 Å². The minimum absolute atomic E-state index is 0.337. The molecule has 4 heteroatoms. The molecule has 1 heterocycles. The largest absolute Gasteiger partial charge is 0.370 e. The highest BCUT2D eigenvalue weighted by molar-refractivity contribution is 7.09. The molecule has 20 heavy (non-hydrogen) atoms. The zero-order valence-electron chi connectivity index (χ0n) is 11.8. The summed E-state index contributed by atoms with van der Waals surface area (Å²) in [5, 5.41) is 11.4. The van der Waals surface area contributed by atoms with Crippen LogP contribution in [0.5, 0.6) is 0 Å². The molecule has 1 aromatic heterocycles. The maximum absolute atomic E-state index is 9.31. The zero-order chi connectivity index (χ0) is 14.5. The maximum Gasteiger partial charge on any atom is 0.101 e. The molecule has 1 atom stereocenters. The van der Waals surface area contributed by atoms with E-state index >= 15 is 0 Å². The molecule has 1 aromatic carbocycles. The number of likely N-dealkylation sites (N-methyl/N-ethyl adjacent to an activating group) is 1. The number of benzene rings is 1. The van der Waals surface area contributed by atoms with Crippen LogP contribution < -0.4 is 10.6 Å². The summed E-state index contributed by atoms with van der Waals surface area (Å²) in [5.41, 5.74) is 8.27. The SMILES string of the molecule is CC(Cc1cccs1)N(C)c1ccc(CN)cc1C#N. The Labute approximate surface area is 124 Å². The maximum atomic E-state index is 9.31. The summed E-state index contributed by atoms with van der Waals surface area (Å²) in [4.78, 5) is 3.53. The second-order valence-corrected chi connectivity index (χ2v) is 5.94. The van der Waals surface area contributed by atoms with Crippen LogP contribution in [0.15, 0.2) is 35.7 Å². The van der Waals surface area contributed by atoms with Crippen molar-refractivity contribution in [3.63, 3.8) is 0 Å². The molecule has 0 spiro atoms. The van der Waals surface area contributed by atoms with Crippen LogP contribution in [0.2, 0.25) is 0 Å². The summed E-state index contributed by atoms with van der Waals surface area (Å²) < 4.78 is 0. The second-order valence-electron chi connectivity index (χ2n) is 4.91. The van der Waals surface area contributed by atoms with Gasteiger partial charge in [-0.3, -0.25) is 0 Å². The number of nitrogens with zero attached hydrogens (tertiary/aromatic N) is 2. The van der Waals surface area contributed by atoms with E-state index in [-0.39, 0.29) is 0 Å². The molecule has 0 aliphatic carbocycles. The predicted molar refractivity (Wildman–Crippen MR) is 84.9 cm³/mol. The first-order valence-corrected chi connectivity index (χ1v) is 7.52. The van der Waals surface area contributed by atoms with Crippen LogP contribution in [0.3, 0.4) is 0 Å². The first-order chi connectivity index (χ1) is 9.65. The Kier molecular flexibility index (Phi) is 4.78. The lowest BCUT2D eigenvalue weighted by molar-refractivity contribution is 0.687. The molecule has 0 fully saturated rings. The summed E-state index contributed by atoms with van der Waals surface area (Å²) in [6.45, 7) is 2.64. The summed E-state index contributed by atoms with van der Waals surface area (Å²) in [7, 11) is 2.04. The van der Waals surface area contributed by atoms with E-state index in [0.717, 1.165) is 17.7 Å². The molecule has 1 unspecified atom stereocenters. The van der Waals surface area contributed by atoms with Crippen LogP contribution in [-0.4, -0.2) is 13.1 Å². The van der Waals surface area contributed by atoms with Crippen LogP contribution in [0.25, 0.3) is 0 Å². The molecule has 0 saturated carbocycles. The van der Waals surface area contributed by atoms with Gasteiger partial charge in [-0.2, -0.15) is 5.26 Å². The van der Waals surface area contributed by atoms with Crippen molar-refractivity contribution in [3.05, 3.63) is 51.7 Å². The third-order valence-corrected chi connectivity index (χ3v) is 4.43. The van der Waals surface area contributed by atoms with E-state index in [1.54, 1.807) is 11.3 Å². The van der Waals surface area contributed by atoms with Crippen molar-refractivity contribution in [2.75, 3.05) is 11.9 Å². The fourth-order valence-corrected chi connectivity index (χ4v) is 3.03. The lowest BCUT2D eigenvalue weighted by atomic mass is 10.1. The molecule has 3 nitrogen and oxygen atoms in total. The van der Waals surface area contributed by atoms with Crippen LogP contribution in [-0.2, 0) is 13.0 Å². The van der Waals surface area contributed by atoms with Crippen LogP contribution in [0.4, 0.5) is 5.69 Å². The summed E-state index contributed by atoms with van der Waals surface area (Å²) >= 11 is 1.77. The predicted octanol–water partition coefficient (Wildman–Crippen LogP) is 3.15. The fourth-order valence-electron chi connectivity index (χ4n) is 2.20. The quantitative estimate of drug-likeness (QED) is 0.918. The Morgan fingerprint density at radius 2 is 2.20 bits per heavy atom. The number of nitrogens with two attached hydrogens (primary N) is 1. The molecule has 2 rings (SSSR count). The van der Waals surface area contributed by atoms with Crippen molar-refractivity contribution in [1.29, 1.82) is 5.26 Å². The Morgan fingerprint density at radius 1 is 1.40 bits per heavy atom. The van der Waals surface area contributed by atoms with Crippen molar-refractivity contribution in [1.82, 2.24) is 0 Å². The zero-order valence-corrected chi connectivity index (χ0v) is 12.7. The van der Waals surface area contributed by atoms with Crippen molar-refractivity contribution in [2.45, 2.75) is 25.9 Å². The van der Waals surface area contributed by atoms with Crippen molar-refractivity contribution in [2.24, 2.45) is 5.73 Å². The molecule has 0 aliphatic rings. The lowest BCUT2D eigenvalue weighted by Crippen LogP contribution is -2.31. The van der Waals surface area contributed by atoms with Crippen LogP contribution >= 0.6 is 11.3 Å². The standard InChI is InChI=1S/C16H19N3S/c1-12(8-15-4-3-7-20-15)19(2)16-6-5-13(10-17)9-14(16)11-18/h3-7,9,12H,8,10,17H2,1-2H3. The summed E-state index contributed by atoms with van der Waals surface area (Å²) in [5.74, 6) is 0. The van der Waals surface area contributed by atoms with Gasteiger partial charge in [0.05, 0.1) is 11.3 Å². The van der Waals surface area contributed by atoms with Gasteiger partial charge in [0.1, 0.15) is 6.07 Å². The van der Waals surface area contributed by atoms with E-state index in [1.165, 1.54) is 4.88 Å². The van der Waals surface area contributed by atoms with E-state index < -0.39 is 0 Å². The minimum atomic E-state index is 0.337. The monoisotopic (exact) mass is 285 g/mol. The molecule has 0 aliphatic heterocycles. The lowest BCUT2D eigenvalue weighted by Gasteiger charge is -2.27. The van der Waals surface area contributed by atoms with E-state index in [2.05, 4.69) is 35.4 Å². The minimum Gasteiger partial charge on any atom is -0.370 e. The van der Waals surface area contributed by atoms with Gasteiger partial charge in [0, 0.05) is 30.9 Å². The summed E-state index contributed by atoms with van der Waals surface area (Å²) in [6.07, 6.45) is 0.984. The number of thiophene rings is 1. The third-order valence-electron chi connectivity index (χ3n) is 3.53. The van der Waals surface area contributed by atoms with E-state index in [0.29, 0.717) is 18.2 Å². The van der Waals surface area contributed by atoms with E-state index in [4.69, 9.17) is 5.73 Å². The van der Waals surface area contributed by atoms with Gasteiger partial charge in [-0.1, -0.05) is 12.1 Å². The van der Waals surface area contributed by atoms with Crippen molar-refractivity contribution in [3.8, 4) is 6.07 Å². The highest BCUT2D eigenvalue weighted by Crippen LogP contribution is 2.24. The van der Waals surface area contributed by atoms with Gasteiger partial charge in [0.25, 0.3) is 0 Å². The molecule has 2 aromatic rings. The normalized spacial score (nSPS) is 11.9. The van der Waals surface area contributed by atoms with E-state index in [9.17, 15) is 5.26 Å². The van der Waals surface area contributed by atoms with Gasteiger partial charge in [0.2, 0.25) is 0 Å². The van der Waals surface area contributed by atoms with E-state index in [1.807, 2.05) is 25.2 Å².